The summed E-state index contributed by atoms with van der Waals surface area (Å²) in [5, 5.41) is 0. The van der Waals surface area contributed by atoms with Crippen LogP contribution in [0, 0.1) is 12.8 Å². The molecule has 2 aliphatic carbocycles. The Morgan fingerprint density at radius 3 is 0.727 bits per heavy atom. The topological polar surface area (TPSA) is 331 Å². The Hall–Kier alpha value is -2.32. The van der Waals surface area contributed by atoms with Crippen molar-refractivity contribution in [2.75, 3.05) is 0 Å². The van der Waals surface area contributed by atoms with Gasteiger partial charge in [0.25, 0.3) is 0 Å². The summed E-state index contributed by atoms with van der Waals surface area (Å²) in [6.07, 6.45) is 18.7. The van der Waals surface area contributed by atoms with Gasteiger partial charge in [0.05, 0.1) is 0 Å². The number of carbonyl (C=O) groups excluding carboxylic acids is 6. The molecule has 0 aromatic rings. The molecule has 44 heavy (non-hydrogen) atoms. The summed E-state index contributed by atoms with van der Waals surface area (Å²) in [4.78, 5) is 58.8. The van der Waals surface area contributed by atoms with Crippen LogP contribution in [0.5, 0.6) is 0 Å². The van der Waals surface area contributed by atoms with Gasteiger partial charge in [-0.3, -0.25) is 61.3 Å². The van der Waals surface area contributed by atoms with E-state index in [1.807, 2.05) is 21.7 Å². The van der Waals surface area contributed by atoms with Crippen molar-refractivity contribution in [2.24, 2.45) is 35.1 Å². The van der Waals surface area contributed by atoms with Gasteiger partial charge in [0.15, 0.2) is 0 Å². The maximum atomic E-state index is 10.2. The molecule has 2 saturated carbocycles. The Morgan fingerprint density at radius 2 is 0.659 bits per heavy atom. The molecular formula is C25H64N12O6Y-2. The Labute approximate surface area is 291 Å². The van der Waals surface area contributed by atoms with Crippen LogP contribution in [0.1, 0.15) is 115 Å². The van der Waals surface area contributed by atoms with Crippen molar-refractivity contribution < 1.29 is 62.9 Å². The van der Waals surface area contributed by atoms with Crippen LogP contribution in [0.2, 0.25) is 0 Å². The smallest absolute Gasteiger partial charge is 0.243 e. The molecule has 0 spiro atoms. The van der Waals surface area contributed by atoms with E-state index in [0.717, 1.165) is 0 Å². The van der Waals surface area contributed by atoms with Gasteiger partial charge in [-0.2, -0.15) is 25.7 Å². The van der Waals surface area contributed by atoms with Crippen LogP contribution in [0.3, 0.4) is 0 Å². The minimum Gasteiger partial charge on any atom is -0.328 e. The summed E-state index contributed by atoms with van der Waals surface area (Å²) >= 11 is 0. The predicted molar refractivity (Wildman–Crippen MR) is 172 cm³/mol. The molecule has 0 aromatic heterocycles. The molecule has 2 rings (SSSR count). The van der Waals surface area contributed by atoms with Crippen molar-refractivity contribution in [3.8, 4) is 0 Å². The van der Waals surface area contributed by atoms with E-state index in [1.165, 1.54) is 91.9 Å². The molecule has 2 fully saturated rings. The van der Waals surface area contributed by atoms with E-state index in [-0.39, 0.29) is 79.0 Å². The molecule has 0 atom stereocenters. The number of hydrogen-bond donors (Lipinski definition) is 12. The molecule has 18 nitrogen and oxygen atoms in total. The number of rotatable bonds is 2. The van der Waals surface area contributed by atoms with Gasteiger partial charge in [-0.25, -0.2) is 35.1 Å². The van der Waals surface area contributed by atoms with Crippen molar-refractivity contribution in [1.82, 2.24) is 32.6 Å². The average molecular weight is 719 g/mol. The molecule has 1 radical (unpaired) electrons. The molecule has 0 bridgehead atoms. The zero-order chi connectivity index (χ0) is 32.9. The van der Waals surface area contributed by atoms with Crippen molar-refractivity contribution in [3.63, 3.8) is 0 Å². The van der Waals surface area contributed by atoms with E-state index in [9.17, 15) is 28.8 Å². The Morgan fingerprint density at radius 1 is 0.477 bits per heavy atom. The first-order valence-corrected chi connectivity index (χ1v) is 12.8. The molecule has 0 heterocycles. The first-order chi connectivity index (χ1) is 19.3. The minimum atomic E-state index is -0.571. The SMILES string of the molecule is C.C.CC(=O)NN.CC(=O)NN.CC(=O)NN.CC(=O)NN.NNC(=O)CC(=O)NN.[2HH].[CH-]1CCCCC1.[CH-]1CCCCC1.[Y]. The second-order valence-electron chi connectivity index (χ2n) is 7.97. The number of carbonyl (C=O) groups is 6. The van der Waals surface area contributed by atoms with E-state index in [2.05, 4.69) is 47.9 Å². The fourth-order valence-electron chi connectivity index (χ4n) is 2.04. The summed E-state index contributed by atoms with van der Waals surface area (Å²) in [7, 11) is 0. The molecule has 19 heteroatoms. The second kappa shape index (κ2) is 53.3. The molecule has 0 unspecified atom stereocenters. The average Bonchev–Trinajstić information content (AvgIpc) is 3.00. The Bertz CT molecular complexity index is 571. The van der Waals surface area contributed by atoms with E-state index < -0.39 is 11.8 Å². The summed E-state index contributed by atoms with van der Waals surface area (Å²) in [5.74, 6) is 25.6. The van der Waals surface area contributed by atoms with E-state index in [4.69, 9.17) is 0 Å². The van der Waals surface area contributed by atoms with Gasteiger partial charge in [0.1, 0.15) is 6.42 Å². The summed E-state index contributed by atoms with van der Waals surface area (Å²) in [6.45, 7) is 5.39. The molecule has 2 aliphatic rings. The van der Waals surface area contributed by atoms with Crippen LogP contribution in [0.25, 0.3) is 0 Å². The number of hydrogen-bond acceptors (Lipinski definition) is 12. The van der Waals surface area contributed by atoms with Crippen LogP contribution in [-0.2, 0) is 61.5 Å². The fourth-order valence-corrected chi connectivity index (χ4v) is 2.04. The monoisotopic (exact) mass is 718 g/mol. The molecule has 6 amide bonds. The zero-order valence-corrected chi connectivity index (χ0v) is 28.3. The maximum absolute atomic E-state index is 10.2. The van der Waals surface area contributed by atoms with Crippen LogP contribution in [0.15, 0.2) is 0 Å². The zero-order valence-electron chi connectivity index (χ0n) is 25.4. The largest absolute Gasteiger partial charge is 0.328 e. The predicted octanol–water partition coefficient (Wildman–Crippen LogP) is -0.834. The number of nitrogens with two attached hydrogens (primary N) is 6. The third-order valence-corrected chi connectivity index (χ3v) is 4.09. The quantitative estimate of drug-likeness (QED) is 0.0547. The van der Waals surface area contributed by atoms with Crippen molar-refractivity contribution in [2.45, 2.75) is 113 Å². The van der Waals surface area contributed by atoms with Gasteiger partial charge >= 0.3 is 0 Å². The first kappa shape index (κ1) is 60.8. The molecule has 0 saturated heterocycles. The summed E-state index contributed by atoms with van der Waals surface area (Å²) in [6, 6.07) is 0. The van der Waals surface area contributed by atoms with Gasteiger partial charge in [0, 0.05) is 61.8 Å². The first-order valence-electron chi connectivity index (χ1n) is 12.8. The molecule has 0 aliphatic heterocycles. The molecular weight excluding hydrogens is 653 g/mol. The van der Waals surface area contributed by atoms with Gasteiger partial charge < -0.3 is 12.8 Å². The van der Waals surface area contributed by atoms with Gasteiger partial charge in [-0.15, -0.1) is 0 Å². The third kappa shape index (κ3) is 90.0. The second-order valence-corrected chi connectivity index (χ2v) is 7.97. The van der Waals surface area contributed by atoms with Crippen LogP contribution >= 0.6 is 0 Å². The fraction of sp³-hybridized carbons (Fsp3) is 0.680. The Kier molecular flexibility index (Phi) is 73.6. The summed E-state index contributed by atoms with van der Waals surface area (Å²) in [5.41, 5.74) is 11.1. The van der Waals surface area contributed by atoms with Crippen LogP contribution in [0.4, 0.5) is 0 Å². The van der Waals surface area contributed by atoms with Gasteiger partial charge in [-0.1, -0.05) is 53.4 Å². The summed E-state index contributed by atoms with van der Waals surface area (Å²) < 4.78 is 0. The minimum absolute atomic E-state index is 0. The number of hydrazine groups is 6. The number of nitrogens with one attached hydrogen (secondary N) is 6. The van der Waals surface area contributed by atoms with Crippen LogP contribution in [-0.4, -0.2) is 35.4 Å². The van der Waals surface area contributed by atoms with Crippen molar-refractivity contribution in [3.05, 3.63) is 12.8 Å². The Balaban J connectivity index is -0.0000000478. The van der Waals surface area contributed by atoms with Gasteiger partial charge in [0.2, 0.25) is 35.4 Å². The molecule has 18 N–H and O–H groups in total. The van der Waals surface area contributed by atoms with Crippen molar-refractivity contribution >= 4 is 35.4 Å². The van der Waals surface area contributed by atoms with E-state index >= 15 is 0 Å². The van der Waals surface area contributed by atoms with Crippen LogP contribution < -0.4 is 67.6 Å². The molecule has 265 valence electrons. The number of amides is 6. The maximum Gasteiger partial charge on any atom is 0.243 e. The standard InChI is InChI=1S/2C6H11.C3H8N4O2.4C2H6N2O.2CH4.Y.H2/c2*1-2-4-6-5-3-1;4-6-2(8)1-3(9)7-5;4*1-2(5)4-3;;;;/h2*1H,2-6H2;1,4-5H2,(H,6,8)(H,7,9);4*3H2,1H3,(H,4,5);2*1H4;;1H/q2*-1;;;;;;;;;/i;;;;;;;;;;1+1. The van der Waals surface area contributed by atoms with Gasteiger partial charge in [-0.05, 0) is 0 Å². The van der Waals surface area contributed by atoms with Crippen molar-refractivity contribution in [1.29, 1.82) is 0 Å². The van der Waals surface area contributed by atoms with E-state index in [0.29, 0.717) is 0 Å². The van der Waals surface area contributed by atoms with E-state index in [1.54, 1.807) is 10.9 Å². The normalized spacial score (nSPS) is 11.3. The third-order valence-electron chi connectivity index (χ3n) is 4.09. The molecule has 0 aromatic carbocycles.